The summed E-state index contributed by atoms with van der Waals surface area (Å²) >= 11 is 0. The van der Waals surface area contributed by atoms with E-state index < -0.39 is 5.89 Å². The van der Waals surface area contributed by atoms with E-state index in [1.54, 1.807) is 18.6 Å². The van der Waals surface area contributed by atoms with Crippen molar-refractivity contribution < 1.29 is 25.9 Å². The largest absolute Gasteiger partial charge is 0.501 e. The first-order valence-electron chi connectivity index (χ1n) is 14.5. The number of fused-ring (bicyclic) bond motifs is 4. The van der Waals surface area contributed by atoms with Gasteiger partial charge in [0.1, 0.15) is 5.58 Å². The van der Waals surface area contributed by atoms with Gasteiger partial charge < -0.3 is 14.0 Å². The van der Waals surface area contributed by atoms with Crippen molar-refractivity contribution in [1.29, 1.82) is 0 Å². The van der Waals surface area contributed by atoms with E-state index in [9.17, 15) is 0 Å². The van der Waals surface area contributed by atoms with E-state index in [1.165, 1.54) is 0 Å². The fraction of sp³-hybridized carbons (Fsp3) is 0.0811. The van der Waals surface area contributed by atoms with Gasteiger partial charge in [0.15, 0.2) is 0 Å². The Kier molecular flexibility index (Phi) is 8.05. The zero-order valence-electron chi connectivity index (χ0n) is 25.0. The molecule has 0 atom stereocenters. The molecule has 0 amide bonds. The van der Waals surface area contributed by atoms with Gasteiger partial charge in [-0.15, -0.1) is 54.1 Å². The second-order valence-corrected chi connectivity index (χ2v) is 10.3. The van der Waals surface area contributed by atoms with Crippen molar-refractivity contribution in [2.45, 2.75) is 19.7 Å². The average Bonchev–Trinajstić information content (AvgIpc) is 3.64. The summed E-state index contributed by atoms with van der Waals surface area (Å²) in [5, 5.41) is 10.1. The SMILES string of the molecule is [2H]C(C)(C)c1ccc2c(c1)oc1c(-c3nc4cnncc4n3-c3ccccc3)[c-]ccc12.[Ir].[c-]1ccccc1-c1ccccn1. The third-order valence-electron chi connectivity index (χ3n) is 7.27. The molecular formula is C37H27IrN5O-2. The first-order valence-corrected chi connectivity index (χ1v) is 14.0. The summed E-state index contributed by atoms with van der Waals surface area (Å²) in [7, 11) is 0. The minimum atomic E-state index is -0.705. The monoisotopic (exact) mass is 751 g/mol. The van der Waals surface area contributed by atoms with E-state index in [1.807, 2.05) is 117 Å². The number of aromatic nitrogens is 5. The van der Waals surface area contributed by atoms with Crippen molar-refractivity contribution in [2.24, 2.45) is 0 Å². The van der Waals surface area contributed by atoms with Crippen LogP contribution in [0.1, 0.15) is 26.7 Å². The first-order chi connectivity index (χ1) is 21.5. The molecule has 0 aliphatic heterocycles. The zero-order chi connectivity index (χ0) is 30.1. The van der Waals surface area contributed by atoms with Crippen LogP contribution in [0.3, 0.4) is 0 Å². The summed E-state index contributed by atoms with van der Waals surface area (Å²) in [5.74, 6) is 0.00959. The number of hydrogen-bond acceptors (Lipinski definition) is 5. The molecule has 0 aliphatic rings. The van der Waals surface area contributed by atoms with Crippen molar-refractivity contribution in [2.75, 3.05) is 0 Å². The number of imidazole rings is 1. The van der Waals surface area contributed by atoms with Crippen LogP contribution in [0.25, 0.3) is 61.3 Å². The predicted molar refractivity (Wildman–Crippen MR) is 171 cm³/mol. The van der Waals surface area contributed by atoms with Crippen molar-refractivity contribution in [1.82, 2.24) is 24.7 Å². The predicted octanol–water partition coefficient (Wildman–Crippen LogP) is 8.85. The molecule has 0 unspecified atom stereocenters. The van der Waals surface area contributed by atoms with E-state index in [2.05, 4.69) is 31.9 Å². The second kappa shape index (κ2) is 12.7. The minimum Gasteiger partial charge on any atom is -0.501 e. The van der Waals surface area contributed by atoms with Crippen LogP contribution in [0.4, 0.5) is 0 Å². The van der Waals surface area contributed by atoms with Gasteiger partial charge in [-0.3, -0.25) is 4.98 Å². The minimum absolute atomic E-state index is 0. The van der Waals surface area contributed by atoms with Gasteiger partial charge in [-0.2, -0.15) is 10.2 Å². The van der Waals surface area contributed by atoms with Gasteiger partial charge in [-0.25, -0.2) is 0 Å². The summed E-state index contributed by atoms with van der Waals surface area (Å²) in [6.07, 6.45) is 5.18. The number of pyridine rings is 1. The summed E-state index contributed by atoms with van der Waals surface area (Å²) in [5.41, 5.74) is 7.74. The molecular weight excluding hydrogens is 723 g/mol. The van der Waals surface area contributed by atoms with Gasteiger partial charge in [0.2, 0.25) is 0 Å². The Labute approximate surface area is 270 Å². The molecule has 0 saturated heterocycles. The number of para-hydroxylation sites is 1. The van der Waals surface area contributed by atoms with Gasteiger partial charge >= 0.3 is 0 Å². The molecule has 8 rings (SSSR count). The molecule has 0 bridgehead atoms. The molecule has 44 heavy (non-hydrogen) atoms. The standard InChI is InChI=1S/C26H19N4O.C11H8N.Ir/c1-16(2)17-11-12-19-20-9-6-10-21(25(20)31-24(19)13-17)26-29-22-14-27-28-15-23(22)30(26)18-7-4-3-5-8-18;1-2-6-10(7-3-1)11-8-4-5-9-12-11;/h3-9,11-16H,1-2H3;1-6,8-9H;/q2*-1;/i16D;;. The van der Waals surface area contributed by atoms with Crippen molar-refractivity contribution in [3.63, 3.8) is 0 Å². The maximum absolute atomic E-state index is 8.37. The molecule has 217 valence electrons. The normalized spacial score (nSPS) is 11.5. The Morgan fingerprint density at radius 2 is 1.64 bits per heavy atom. The van der Waals surface area contributed by atoms with E-state index in [-0.39, 0.29) is 20.1 Å². The second-order valence-electron chi connectivity index (χ2n) is 10.3. The number of hydrogen-bond donors (Lipinski definition) is 0. The Balaban J connectivity index is 0.000000231. The Bertz CT molecular complexity index is 2170. The topological polar surface area (TPSA) is 69.6 Å². The van der Waals surface area contributed by atoms with Crippen LogP contribution < -0.4 is 0 Å². The summed E-state index contributed by atoms with van der Waals surface area (Å²) in [4.78, 5) is 9.09. The molecule has 4 aromatic carbocycles. The van der Waals surface area contributed by atoms with Crippen LogP contribution in [-0.4, -0.2) is 24.7 Å². The van der Waals surface area contributed by atoms with Crippen molar-refractivity contribution >= 4 is 33.0 Å². The van der Waals surface area contributed by atoms with E-state index in [4.69, 9.17) is 10.8 Å². The molecule has 8 aromatic rings. The van der Waals surface area contributed by atoms with Crippen LogP contribution >= 0.6 is 0 Å². The molecule has 0 aliphatic carbocycles. The number of nitrogens with zero attached hydrogens (tertiary/aromatic N) is 5. The molecule has 7 heteroatoms. The average molecular weight is 751 g/mol. The van der Waals surface area contributed by atoms with E-state index in [0.29, 0.717) is 5.82 Å². The molecule has 4 aromatic heterocycles. The van der Waals surface area contributed by atoms with Crippen LogP contribution in [-0.2, 0) is 20.1 Å². The summed E-state index contributed by atoms with van der Waals surface area (Å²) in [6, 6.07) is 40.1. The molecule has 1 radical (unpaired) electrons. The van der Waals surface area contributed by atoms with Crippen molar-refractivity contribution in [3.8, 4) is 28.3 Å². The molecule has 0 fully saturated rings. The molecule has 4 heterocycles. The molecule has 0 spiro atoms. The Hall–Kier alpha value is -4.97. The smallest absolute Gasteiger partial charge is 0.121 e. The van der Waals surface area contributed by atoms with Gasteiger partial charge in [0.25, 0.3) is 0 Å². The van der Waals surface area contributed by atoms with Gasteiger partial charge in [0, 0.05) is 38.7 Å². The number of furan rings is 1. The van der Waals surface area contributed by atoms with Crippen LogP contribution in [0.5, 0.6) is 0 Å². The quantitative estimate of drug-likeness (QED) is 0.168. The molecule has 0 N–H and O–H groups in total. The third-order valence-corrected chi connectivity index (χ3v) is 7.27. The fourth-order valence-electron chi connectivity index (χ4n) is 5.14. The Morgan fingerprint density at radius 3 is 2.41 bits per heavy atom. The summed E-state index contributed by atoms with van der Waals surface area (Å²) in [6.45, 7) is 3.75. The van der Waals surface area contributed by atoms with E-state index >= 15 is 0 Å². The fourth-order valence-corrected chi connectivity index (χ4v) is 5.14. The van der Waals surface area contributed by atoms with Gasteiger partial charge in [-0.1, -0.05) is 67.3 Å². The first kappa shape index (κ1) is 27.8. The molecule has 6 nitrogen and oxygen atoms in total. The maximum Gasteiger partial charge on any atom is 0.121 e. The van der Waals surface area contributed by atoms with Crippen LogP contribution in [0, 0.1) is 12.1 Å². The Morgan fingerprint density at radius 1 is 0.818 bits per heavy atom. The number of rotatable bonds is 4. The van der Waals surface area contributed by atoms with Gasteiger partial charge in [-0.05, 0) is 41.4 Å². The maximum atomic E-state index is 8.37. The van der Waals surface area contributed by atoms with E-state index in [0.717, 1.165) is 61.0 Å². The zero-order valence-corrected chi connectivity index (χ0v) is 26.4. The number of benzene rings is 4. The van der Waals surface area contributed by atoms with Gasteiger partial charge in [0.05, 0.1) is 34.8 Å². The van der Waals surface area contributed by atoms with Crippen LogP contribution in [0.15, 0.2) is 126 Å². The molecule has 0 saturated carbocycles. The van der Waals surface area contributed by atoms with Crippen molar-refractivity contribution in [3.05, 3.63) is 139 Å². The third kappa shape index (κ3) is 5.55. The summed E-state index contributed by atoms with van der Waals surface area (Å²) < 4.78 is 16.8. The van der Waals surface area contributed by atoms with Crippen LogP contribution in [0.2, 0.25) is 0 Å².